The molecule has 0 saturated carbocycles. The van der Waals surface area contributed by atoms with E-state index in [1.165, 1.54) is 6.42 Å². The Kier molecular flexibility index (Phi) is 4.15. The second-order valence-electron chi connectivity index (χ2n) is 6.41. The Bertz CT molecular complexity index is 498. The van der Waals surface area contributed by atoms with Gasteiger partial charge in [0, 0.05) is 17.8 Å². The zero-order valence-electron chi connectivity index (χ0n) is 12.8. The van der Waals surface area contributed by atoms with Crippen molar-refractivity contribution in [2.45, 2.75) is 57.7 Å². The van der Waals surface area contributed by atoms with Gasteiger partial charge in [-0.3, -0.25) is 4.79 Å². The third kappa shape index (κ3) is 3.38. The van der Waals surface area contributed by atoms with Gasteiger partial charge in [0.05, 0.1) is 12.0 Å². The number of anilines is 1. The Hall–Kier alpha value is -1.55. The minimum atomic E-state index is 0.107. The zero-order chi connectivity index (χ0) is 14.8. The van der Waals surface area contributed by atoms with E-state index < -0.39 is 0 Å². The van der Waals surface area contributed by atoms with Crippen LogP contribution in [0.2, 0.25) is 0 Å². The molecule has 0 unspecified atom stereocenters. The number of amides is 1. The van der Waals surface area contributed by atoms with Gasteiger partial charge in [-0.05, 0) is 63.8 Å². The maximum Gasteiger partial charge on any atom is 0.229 e. The first kappa shape index (κ1) is 14.4. The molecule has 1 aromatic rings. The minimum absolute atomic E-state index is 0.107. The number of hydrogen-bond donors (Lipinski definition) is 2. The lowest BCUT2D eigenvalue weighted by Gasteiger charge is -2.29. The predicted octanol–water partition coefficient (Wildman–Crippen LogP) is 2.94. The summed E-state index contributed by atoms with van der Waals surface area (Å²) in [5.41, 5.74) is 0.844. The van der Waals surface area contributed by atoms with Crippen molar-refractivity contribution in [1.82, 2.24) is 5.32 Å². The molecule has 2 bridgehead atoms. The zero-order valence-corrected chi connectivity index (χ0v) is 12.8. The smallest absolute Gasteiger partial charge is 0.229 e. The molecule has 114 valence electrons. The molecule has 2 aliphatic heterocycles. The number of hydrogen-bond acceptors (Lipinski definition) is 3. The molecule has 3 rings (SSSR count). The van der Waals surface area contributed by atoms with Crippen LogP contribution >= 0.6 is 0 Å². The van der Waals surface area contributed by atoms with Crippen molar-refractivity contribution >= 4 is 11.6 Å². The molecule has 2 N–H and O–H groups in total. The quantitative estimate of drug-likeness (QED) is 0.895. The standard InChI is InChI=1S/C17H24N2O2/c1-11(2)21-14-7-3-13(4-8-14)19-17(20)15-9-5-12-6-10-16(15)18-12/h3-4,7-8,11-12,15-16,18H,5-6,9-10H2,1-2H3,(H,19,20)/t12-,15-,16-/m1/s1. The summed E-state index contributed by atoms with van der Waals surface area (Å²) in [5, 5.41) is 6.60. The van der Waals surface area contributed by atoms with Crippen LogP contribution in [0, 0.1) is 5.92 Å². The van der Waals surface area contributed by atoms with Crippen LogP contribution in [0.5, 0.6) is 5.75 Å². The van der Waals surface area contributed by atoms with E-state index in [0.29, 0.717) is 12.1 Å². The Morgan fingerprint density at radius 2 is 1.90 bits per heavy atom. The SMILES string of the molecule is CC(C)Oc1ccc(NC(=O)[C@@H]2CC[C@@H]3CC[C@H]2N3)cc1. The molecule has 0 radical (unpaired) electrons. The maximum atomic E-state index is 12.4. The first-order valence-electron chi connectivity index (χ1n) is 7.95. The Balaban J connectivity index is 1.59. The molecular formula is C17H24N2O2. The van der Waals surface area contributed by atoms with Gasteiger partial charge in [0.15, 0.2) is 0 Å². The summed E-state index contributed by atoms with van der Waals surface area (Å²) in [5.74, 6) is 1.08. The number of benzene rings is 1. The van der Waals surface area contributed by atoms with Crippen molar-refractivity contribution in [3.8, 4) is 5.75 Å². The number of rotatable bonds is 4. The molecule has 1 amide bonds. The lowest BCUT2D eigenvalue weighted by molar-refractivity contribution is -0.121. The highest BCUT2D eigenvalue weighted by Gasteiger charge is 2.38. The molecule has 1 aromatic carbocycles. The fourth-order valence-corrected chi connectivity index (χ4v) is 3.41. The van der Waals surface area contributed by atoms with Gasteiger partial charge in [-0.1, -0.05) is 0 Å². The Morgan fingerprint density at radius 1 is 1.19 bits per heavy atom. The number of carbonyl (C=O) groups excluding carboxylic acids is 1. The van der Waals surface area contributed by atoms with Gasteiger partial charge >= 0.3 is 0 Å². The number of fused-ring (bicyclic) bond motifs is 2. The Labute approximate surface area is 126 Å². The van der Waals surface area contributed by atoms with Crippen molar-refractivity contribution in [2.24, 2.45) is 5.92 Å². The van der Waals surface area contributed by atoms with Gasteiger partial charge < -0.3 is 15.4 Å². The molecule has 3 atom stereocenters. The molecule has 2 aliphatic rings. The van der Waals surface area contributed by atoms with Crippen molar-refractivity contribution in [2.75, 3.05) is 5.32 Å². The van der Waals surface area contributed by atoms with Crippen LogP contribution in [0.1, 0.15) is 39.5 Å². The summed E-state index contributed by atoms with van der Waals surface area (Å²) in [6.45, 7) is 4.00. The van der Waals surface area contributed by atoms with Gasteiger partial charge in [-0.15, -0.1) is 0 Å². The molecule has 2 heterocycles. The summed E-state index contributed by atoms with van der Waals surface area (Å²) in [6, 6.07) is 8.63. The van der Waals surface area contributed by atoms with Crippen LogP contribution in [0.3, 0.4) is 0 Å². The average Bonchev–Trinajstić information content (AvgIpc) is 2.82. The van der Waals surface area contributed by atoms with E-state index in [1.54, 1.807) is 0 Å². The minimum Gasteiger partial charge on any atom is -0.491 e. The van der Waals surface area contributed by atoms with Crippen LogP contribution in [0.15, 0.2) is 24.3 Å². The number of nitrogens with one attached hydrogen (secondary N) is 2. The van der Waals surface area contributed by atoms with Crippen LogP contribution < -0.4 is 15.4 Å². The van der Waals surface area contributed by atoms with E-state index in [0.717, 1.165) is 30.7 Å². The van der Waals surface area contributed by atoms with Crippen LogP contribution in [0.4, 0.5) is 5.69 Å². The first-order valence-corrected chi connectivity index (χ1v) is 7.95. The van der Waals surface area contributed by atoms with Gasteiger partial charge in [0.25, 0.3) is 0 Å². The number of piperidine rings is 1. The number of carbonyl (C=O) groups is 1. The van der Waals surface area contributed by atoms with Crippen molar-refractivity contribution in [3.05, 3.63) is 24.3 Å². The predicted molar refractivity (Wildman–Crippen MR) is 83.5 cm³/mol. The van der Waals surface area contributed by atoms with Crippen molar-refractivity contribution in [1.29, 1.82) is 0 Å². The Morgan fingerprint density at radius 3 is 2.62 bits per heavy atom. The van der Waals surface area contributed by atoms with E-state index in [9.17, 15) is 4.79 Å². The van der Waals surface area contributed by atoms with E-state index in [2.05, 4.69) is 10.6 Å². The van der Waals surface area contributed by atoms with Crippen molar-refractivity contribution < 1.29 is 9.53 Å². The molecule has 0 spiro atoms. The van der Waals surface area contributed by atoms with Crippen molar-refractivity contribution in [3.63, 3.8) is 0 Å². The highest BCUT2D eigenvalue weighted by Crippen LogP contribution is 2.32. The second-order valence-corrected chi connectivity index (χ2v) is 6.41. The molecular weight excluding hydrogens is 264 g/mol. The third-order valence-electron chi connectivity index (χ3n) is 4.42. The molecule has 0 aromatic heterocycles. The van der Waals surface area contributed by atoms with Crippen LogP contribution in [0.25, 0.3) is 0 Å². The summed E-state index contributed by atoms with van der Waals surface area (Å²) >= 11 is 0. The third-order valence-corrected chi connectivity index (χ3v) is 4.42. The molecule has 0 aliphatic carbocycles. The topological polar surface area (TPSA) is 50.4 Å². The highest BCUT2D eigenvalue weighted by atomic mass is 16.5. The van der Waals surface area contributed by atoms with Crippen LogP contribution in [-0.2, 0) is 4.79 Å². The summed E-state index contributed by atoms with van der Waals surface area (Å²) in [6.07, 6.45) is 4.63. The molecule has 2 saturated heterocycles. The van der Waals surface area contributed by atoms with E-state index >= 15 is 0 Å². The maximum absolute atomic E-state index is 12.4. The lowest BCUT2D eigenvalue weighted by atomic mass is 9.91. The molecule has 4 heteroatoms. The normalized spacial score (nSPS) is 27.7. The second kappa shape index (κ2) is 6.06. The van der Waals surface area contributed by atoms with Gasteiger partial charge in [0.1, 0.15) is 5.75 Å². The fourth-order valence-electron chi connectivity index (χ4n) is 3.41. The fraction of sp³-hybridized carbons (Fsp3) is 0.588. The molecule has 4 nitrogen and oxygen atoms in total. The monoisotopic (exact) mass is 288 g/mol. The van der Waals surface area contributed by atoms with E-state index in [4.69, 9.17) is 4.74 Å². The van der Waals surface area contributed by atoms with Crippen LogP contribution in [-0.4, -0.2) is 24.1 Å². The lowest BCUT2D eigenvalue weighted by Crippen LogP contribution is -2.45. The summed E-state index contributed by atoms with van der Waals surface area (Å²) < 4.78 is 5.61. The molecule has 21 heavy (non-hydrogen) atoms. The number of ether oxygens (including phenoxy) is 1. The first-order chi connectivity index (χ1) is 10.1. The summed E-state index contributed by atoms with van der Waals surface area (Å²) in [7, 11) is 0. The van der Waals surface area contributed by atoms with Gasteiger partial charge in [0.2, 0.25) is 5.91 Å². The van der Waals surface area contributed by atoms with E-state index in [-0.39, 0.29) is 17.9 Å². The van der Waals surface area contributed by atoms with Gasteiger partial charge in [-0.2, -0.15) is 0 Å². The molecule has 2 fully saturated rings. The van der Waals surface area contributed by atoms with Gasteiger partial charge in [-0.25, -0.2) is 0 Å². The summed E-state index contributed by atoms with van der Waals surface area (Å²) in [4.78, 5) is 12.4. The largest absolute Gasteiger partial charge is 0.491 e. The highest BCUT2D eigenvalue weighted by molar-refractivity contribution is 5.93. The van der Waals surface area contributed by atoms with E-state index in [1.807, 2.05) is 38.1 Å². The average molecular weight is 288 g/mol.